The Hall–Kier alpha value is -1.13. The first kappa shape index (κ1) is 18.9. The quantitative estimate of drug-likeness (QED) is 0.382. The zero-order valence-corrected chi connectivity index (χ0v) is 14.1. The molecule has 1 aliphatic heterocycles. The van der Waals surface area contributed by atoms with E-state index in [1.165, 1.54) is 12.8 Å². The third kappa shape index (κ3) is 7.23. The summed E-state index contributed by atoms with van der Waals surface area (Å²) in [6, 6.07) is 0. The lowest BCUT2D eigenvalue weighted by Crippen LogP contribution is -2.43. The van der Waals surface area contributed by atoms with E-state index in [9.17, 15) is 4.79 Å². The number of rotatable bonds is 9. The highest BCUT2D eigenvalue weighted by molar-refractivity contribution is 5.67. The number of hydrogen-bond acceptors (Lipinski definition) is 3. The van der Waals surface area contributed by atoms with Crippen LogP contribution in [0.15, 0.2) is 24.3 Å². The van der Waals surface area contributed by atoms with Crippen molar-refractivity contribution in [3.8, 4) is 0 Å². The maximum Gasteiger partial charge on any atom is 0.306 e. The SMILES string of the molecule is C/C=C/C=C/CCCCC[C@]1(C)C[C@H](C)[C@H](CC(=O)O)OO1. The Morgan fingerprint density at radius 1 is 1.32 bits per heavy atom. The van der Waals surface area contributed by atoms with Crippen molar-refractivity contribution in [2.75, 3.05) is 0 Å². The zero-order chi connectivity index (χ0) is 16.4. The van der Waals surface area contributed by atoms with E-state index < -0.39 is 5.97 Å². The summed E-state index contributed by atoms with van der Waals surface area (Å²) in [7, 11) is 0. The summed E-state index contributed by atoms with van der Waals surface area (Å²) in [5, 5.41) is 8.85. The fourth-order valence-corrected chi connectivity index (χ4v) is 2.89. The molecule has 22 heavy (non-hydrogen) atoms. The van der Waals surface area contributed by atoms with E-state index in [2.05, 4.69) is 19.1 Å². The van der Waals surface area contributed by atoms with Gasteiger partial charge in [-0.1, -0.05) is 44.1 Å². The summed E-state index contributed by atoms with van der Waals surface area (Å²) in [5.41, 5.74) is -0.283. The van der Waals surface area contributed by atoms with Crippen LogP contribution in [0.25, 0.3) is 0 Å². The van der Waals surface area contributed by atoms with E-state index in [0.717, 1.165) is 25.7 Å². The van der Waals surface area contributed by atoms with Gasteiger partial charge in [0.2, 0.25) is 0 Å². The molecule has 0 aromatic rings. The number of carbonyl (C=O) groups is 1. The summed E-state index contributed by atoms with van der Waals surface area (Å²) < 4.78 is 0. The van der Waals surface area contributed by atoms with Crippen LogP contribution < -0.4 is 0 Å². The minimum Gasteiger partial charge on any atom is -0.481 e. The van der Waals surface area contributed by atoms with E-state index in [1.807, 2.05) is 26.0 Å². The molecule has 1 aliphatic rings. The maximum absolute atomic E-state index is 10.8. The Balaban J connectivity index is 2.21. The molecule has 4 nitrogen and oxygen atoms in total. The van der Waals surface area contributed by atoms with Gasteiger partial charge in [-0.05, 0) is 45.4 Å². The summed E-state index contributed by atoms with van der Waals surface area (Å²) in [6.45, 7) is 6.12. The van der Waals surface area contributed by atoms with E-state index in [-0.39, 0.29) is 24.0 Å². The summed E-state index contributed by atoms with van der Waals surface area (Å²) >= 11 is 0. The molecule has 4 heteroatoms. The second kappa shape index (κ2) is 9.80. The van der Waals surface area contributed by atoms with Crippen LogP contribution in [-0.2, 0) is 14.6 Å². The molecule has 0 saturated carbocycles. The number of carboxylic acid groups (broad SMARTS) is 1. The first-order chi connectivity index (χ1) is 10.5. The Morgan fingerprint density at radius 3 is 2.73 bits per heavy atom. The van der Waals surface area contributed by atoms with Crippen molar-refractivity contribution in [2.45, 2.75) is 77.4 Å². The molecule has 1 saturated heterocycles. The molecule has 0 radical (unpaired) electrons. The molecule has 1 N–H and O–H groups in total. The van der Waals surface area contributed by atoms with Crippen LogP contribution in [0.2, 0.25) is 0 Å². The lowest BCUT2D eigenvalue weighted by molar-refractivity contribution is -0.416. The zero-order valence-electron chi connectivity index (χ0n) is 14.1. The molecule has 1 rings (SSSR count). The molecule has 0 unspecified atom stereocenters. The molecule has 1 heterocycles. The molecule has 0 bridgehead atoms. The first-order valence-electron chi connectivity index (χ1n) is 8.31. The summed E-state index contributed by atoms with van der Waals surface area (Å²) in [4.78, 5) is 21.6. The normalized spacial score (nSPS) is 29.4. The van der Waals surface area contributed by atoms with E-state index in [1.54, 1.807) is 0 Å². The van der Waals surface area contributed by atoms with Crippen LogP contribution in [0, 0.1) is 5.92 Å². The average Bonchev–Trinajstić information content (AvgIpc) is 2.45. The van der Waals surface area contributed by atoms with Gasteiger partial charge in [0.1, 0.15) is 11.7 Å². The topological polar surface area (TPSA) is 55.8 Å². The van der Waals surface area contributed by atoms with Gasteiger partial charge in [0.25, 0.3) is 0 Å². The number of hydrogen-bond donors (Lipinski definition) is 1. The van der Waals surface area contributed by atoms with Crippen LogP contribution in [-0.4, -0.2) is 22.8 Å². The van der Waals surface area contributed by atoms with Gasteiger partial charge in [0.05, 0.1) is 6.42 Å². The van der Waals surface area contributed by atoms with Crippen LogP contribution in [0.3, 0.4) is 0 Å². The van der Waals surface area contributed by atoms with Crippen molar-refractivity contribution in [3.63, 3.8) is 0 Å². The Bertz CT molecular complexity index is 389. The standard InChI is InChI=1S/C18H30O4/c1-4-5-6-7-8-9-10-11-12-18(3)14-15(2)16(21-22-18)13-17(19)20/h4-7,15-16H,8-14H2,1-3H3,(H,19,20)/b5-4+,7-6+/t15-,16-,18+/m0/s1. The molecule has 3 atom stereocenters. The predicted molar refractivity (Wildman–Crippen MR) is 87.4 cm³/mol. The van der Waals surface area contributed by atoms with Gasteiger partial charge in [-0.2, -0.15) is 0 Å². The molecule has 0 aromatic heterocycles. The Morgan fingerprint density at radius 2 is 2.09 bits per heavy atom. The minimum atomic E-state index is -0.838. The molecule has 0 spiro atoms. The van der Waals surface area contributed by atoms with E-state index in [0.29, 0.717) is 0 Å². The van der Waals surface area contributed by atoms with Gasteiger partial charge in [0, 0.05) is 0 Å². The van der Waals surface area contributed by atoms with Crippen LogP contribution in [0.5, 0.6) is 0 Å². The Kier molecular flexibility index (Phi) is 8.43. The second-order valence-electron chi connectivity index (χ2n) is 6.50. The minimum absolute atomic E-state index is 0.00971. The van der Waals surface area contributed by atoms with Crippen molar-refractivity contribution in [3.05, 3.63) is 24.3 Å². The van der Waals surface area contributed by atoms with Crippen molar-refractivity contribution >= 4 is 5.97 Å². The first-order valence-corrected chi connectivity index (χ1v) is 8.31. The lowest BCUT2D eigenvalue weighted by Gasteiger charge is -2.39. The molecular weight excluding hydrogens is 280 g/mol. The second-order valence-corrected chi connectivity index (χ2v) is 6.50. The summed E-state index contributed by atoms with van der Waals surface area (Å²) in [6.07, 6.45) is 14.4. The molecule has 0 aromatic carbocycles. The monoisotopic (exact) mass is 310 g/mol. The Labute approximate surface area is 134 Å². The van der Waals surface area contributed by atoms with Crippen molar-refractivity contribution in [1.29, 1.82) is 0 Å². The lowest BCUT2D eigenvalue weighted by atomic mass is 9.84. The maximum atomic E-state index is 10.8. The van der Waals surface area contributed by atoms with Gasteiger partial charge in [-0.25, -0.2) is 9.78 Å². The van der Waals surface area contributed by atoms with Gasteiger partial charge in [-0.15, -0.1) is 0 Å². The average molecular weight is 310 g/mol. The fraction of sp³-hybridized carbons (Fsp3) is 0.722. The molecule has 1 fully saturated rings. The third-order valence-corrected chi connectivity index (χ3v) is 4.15. The van der Waals surface area contributed by atoms with Crippen LogP contribution in [0.4, 0.5) is 0 Å². The number of carboxylic acids is 1. The highest BCUT2D eigenvalue weighted by atomic mass is 17.2. The van der Waals surface area contributed by atoms with E-state index >= 15 is 0 Å². The van der Waals surface area contributed by atoms with Gasteiger partial charge < -0.3 is 5.11 Å². The highest BCUT2D eigenvalue weighted by Crippen LogP contribution is 2.35. The van der Waals surface area contributed by atoms with Crippen molar-refractivity contribution in [2.24, 2.45) is 5.92 Å². The van der Waals surface area contributed by atoms with Gasteiger partial charge >= 0.3 is 5.97 Å². The highest BCUT2D eigenvalue weighted by Gasteiger charge is 2.38. The molecular formula is C18H30O4. The van der Waals surface area contributed by atoms with Crippen LogP contribution in [0.1, 0.15) is 65.7 Å². The van der Waals surface area contributed by atoms with Crippen molar-refractivity contribution in [1.82, 2.24) is 0 Å². The fourth-order valence-electron chi connectivity index (χ4n) is 2.89. The number of allylic oxidation sites excluding steroid dienone is 4. The number of aliphatic carboxylic acids is 1. The van der Waals surface area contributed by atoms with Gasteiger partial charge in [-0.3, -0.25) is 4.79 Å². The van der Waals surface area contributed by atoms with Crippen molar-refractivity contribution < 1.29 is 19.7 Å². The number of unbranched alkanes of at least 4 members (excludes halogenated alkanes) is 3. The molecule has 126 valence electrons. The smallest absolute Gasteiger partial charge is 0.306 e. The third-order valence-electron chi connectivity index (χ3n) is 4.15. The molecule has 0 aliphatic carbocycles. The predicted octanol–water partition coefficient (Wildman–Crippen LogP) is 4.66. The van der Waals surface area contributed by atoms with Crippen LogP contribution >= 0.6 is 0 Å². The largest absolute Gasteiger partial charge is 0.481 e. The van der Waals surface area contributed by atoms with Gasteiger partial charge in [0.15, 0.2) is 0 Å². The van der Waals surface area contributed by atoms with E-state index in [4.69, 9.17) is 14.9 Å². The summed E-state index contributed by atoms with van der Waals surface area (Å²) in [5.74, 6) is -0.631. The molecule has 0 amide bonds.